The molecule has 0 aliphatic heterocycles. The zero-order chi connectivity index (χ0) is 7.11. The van der Waals surface area contributed by atoms with Crippen LogP contribution in [-0.4, -0.2) is 24.3 Å². The van der Waals surface area contributed by atoms with E-state index in [9.17, 15) is 4.79 Å². The number of primary amides is 1. The lowest BCUT2D eigenvalue weighted by atomic mass is 10.9. The molecule has 4 nitrogen and oxygen atoms in total. The third-order valence-electron chi connectivity index (χ3n) is 0.458. The van der Waals surface area contributed by atoms with E-state index in [2.05, 4.69) is 15.7 Å². The summed E-state index contributed by atoms with van der Waals surface area (Å²) in [5, 5.41) is 3.24. The Morgan fingerprint density at radius 3 is 3.11 bits per heavy atom. The minimum Gasteiger partial charge on any atom is -0.333 e. The molecule has 9 heavy (non-hydrogen) atoms. The molecule has 0 saturated heterocycles. The Morgan fingerprint density at radius 1 is 2.00 bits per heavy atom. The van der Waals surface area contributed by atoms with Crippen molar-refractivity contribution < 1.29 is 9.63 Å². The highest BCUT2D eigenvalue weighted by Gasteiger charge is 1.85. The lowest BCUT2D eigenvalue weighted by Crippen LogP contribution is -2.09. The van der Waals surface area contributed by atoms with Crippen molar-refractivity contribution in [3.8, 4) is 0 Å². The third kappa shape index (κ3) is 7.29. The zero-order valence-corrected chi connectivity index (χ0v) is 5.85. The monoisotopic (exact) mass is 148 g/mol. The summed E-state index contributed by atoms with van der Waals surface area (Å²) >= 11 is 1.57. The Hall–Kier alpha value is -0.710. The van der Waals surface area contributed by atoms with Gasteiger partial charge in [-0.25, -0.2) is 4.79 Å². The van der Waals surface area contributed by atoms with Crippen LogP contribution in [0.2, 0.25) is 0 Å². The lowest BCUT2D eigenvalue weighted by Gasteiger charge is -1.86. The molecule has 0 aromatic heterocycles. The average molecular weight is 148 g/mol. The second-order valence-electron chi connectivity index (χ2n) is 1.15. The molecular formula is C4H8N2O2S. The van der Waals surface area contributed by atoms with Crippen molar-refractivity contribution in [2.75, 3.05) is 12.0 Å². The fraction of sp³-hybridized carbons (Fsp3) is 0.500. The summed E-state index contributed by atoms with van der Waals surface area (Å²) in [6.45, 7) is 0. The first-order chi connectivity index (χ1) is 4.27. The highest BCUT2D eigenvalue weighted by Crippen LogP contribution is 1.85. The van der Waals surface area contributed by atoms with E-state index in [1.165, 1.54) is 6.21 Å². The number of carbonyl (C=O) groups is 1. The van der Waals surface area contributed by atoms with E-state index in [0.717, 1.165) is 0 Å². The third-order valence-corrected chi connectivity index (χ3v) is 0.941. The number of hydrogen-bond donors (Lipinski definition) is 1. The SMILES string of the molecule is CSC/C=N/OC(N)=O. The van der Waals surface area contributed by atoms with Gasteiger partial charge < -0.3 is 5.73 Å². The first-order valence-electron chi connectivity index (χ1n) is 2.24. The van der Waals surface area contributed by atoms with Crippen LogP contribution in [0.4, 0.5) is 4.79 Å². The summed E-state index contributed by atoms with van der Waals surface area (Å²) in [5.74, 6) is 0.716. The number of thioether (sulfide) groups is 1. The van der Waals surface area contributed by atoms with Gasteiger partial charge in [0.15, 0.2) is 0 Å². The second kappa shape index (κ2) is 5.43. The molecule has 0 atom stereocenters. The molecule has 0 fully saturated rings. The van der Waals surface area contributed by atoms with Gasteiger partial charge in [0.2, 0.25) is 0 Å². The summed E-state index contributed by atoms with van der Waals surface area (Å²) in [7, 11) is 0. The molecule has 0 unspecified atom stereocenters. The van der Waals surface area contributed by atoms with Gasteiger partial charge in [0.1, 0.15) is 0 Å². The van der Waals surface area contributed by atoms with Crippen molar-refractivity contribution in [3.63, 3.8) is 0 Å². The van der Waals surface area contributed by atoms with E-state index in [0.29, 0.717) is 5.75 Å². The molecule has 0 radical (unpaired) electrons. The van der Waals surface area contributed by atoms with Gasteiger partial charge >= 0.3 is 6.09 Å². The molecule has 0 aromatic rings. The molecule has 0 bridgehead atoms. The highest BCUT2D eigenvalue weighted by molar-refractivity contribution is 7.99. The smallest absolute Gasteiger partial charge is 0.333 e. The first-order valence-corrected chi connectivity index (χ1v) is 3.64. The number of amides is 1. The molecular weight excluding hydrogens is 140 g/mol. The van der Waals surface area contributed by atoms with Gasteiger partial charge in [0, 0.05) is 5.75 Å². The van der Waals surface area contributed by atoms with E-state index in [-0.39, 0.29) is 0 Å². The van der Waals surface area contributed by atoms with Crippen molar-refractivity contribution in [1.82, 2.24) is 0 Å². The minimum absolute atomic E-state index is 0.716. The Balaban J connectivity index is 3.14. The van der Waals surface area contributed by atoms with Gasteiger partial charge in [-0.15, -0.1) is 0 Å². The maximum Gasteiger partial charge on any atom is 0.430 e. The van der Waals surface area contributed by atoms with Crippen molar-refractivity contribution in [3.05, 3.63) is 0 Å². The molecule has 0 rings (SSSR count). The molecule has 5 heteroatoms. The fourth-order valence-corrected chi connectivity index (χ4v) is 0.404. The van der Waals surface area contributed by atoms with Gasteiger partial charge in [-0.3, -0.25) is 4.84 Å². The van der Waals surface area contributed by atoms with Crippen LogP contribution < -0.4 is 5.73 Å². The summed E-state index contributed by atoms with van der Waals surface area (Å²) in [4.78, 5) is 13.9. The lowest BCUT2D eigenvalue weighted by molar-refractivity contribution is 0.162. The summed E-state index contributed by atoms with van der Waals surface area (Å²) in [5.41, 5.74) is 4.59. The van der Waals surface area contributed by atoms with Crippen LogP contribution in [0.5, 0.6) is 0 Å². The molecule has 0 aliphatic carbocycles. The predicted octanol–water partition coefficient (Wildman–Crippen LogP) is 0.431. The molecule has 0 saturated carbocycles. The van der Waals surface area contributed by atoms with Gasteiger partial charge in [-0.1, -0.05) is 5.16 Å². The maximum absolute atomic E-state index is 9.84. The maximum atomic E-state index is 9.84. The Bertz CT molecular complexity index is 115. The number of nitrogens with zero attached hydrogens (tertiary/aromatic N) is 1. The molecule has 2 N–H and O–H groups in total. The minimum atomic E-state index is -0.882. The van der Waals surface area contributed by atoms with E-state index < -0.39 is 6.09 Å². The average Bonchev–Trinajstić information content (AvgIpc) is 1.80. The van der Waals surface area contributed by atoms with Crippen LogP contribution in [0.15, 0.2) is 5.16 Å². The summed E-state index contributed by atoms with van der Waals surface area (Å²) < 4.78 is 0. The van der Waals surface area contributed by atoms with E-state index >= 15 is 0 Å². The molecule has 52 valence electrons. The quantitative estimate of drug-likeness (QED) is 0.358. The largest absolute Gasteiger partial charge is 0.430 e. The standard InChI is InChI=1S/C4H8N2O2S/c1-9-3-2-6-8-4(5)7/h2H,3H2,1H3,(H2,5,7)/b6-2+. The molecule has 1 amide bonds. The van der Waals surface area contributed by atoms with Crippen molar-refractivity contribution in [1.29, 1.82) is 0 Å². The van der Waals surface area contributed by atoms with E-state index in [1.807, 2.05) is 6.26 Å². The number of rotatable bonds is 3. The predicted molar refractivity (Wildman–Crippen MR) is 37.5 cm³/mol. The van der Waals surface area contributed by atoms with Crippen LogP contribution >= 0.6 is 11.8 Å². The van der Waals surface area contributed by atoms with E-state index in [4.69, 9.17) is 0 Å². The van der Waals surface area contributed by atoms with Gasteiger partial charge in [0.05, 0.1) is 6.21 Å². The zero-order valence-electron chi connectivity index (χ0n) is 5.03. The number of oxime groups is 1. The highest BCUT2D eigenvalue weighted by atomic mass is 32.2. The number of hydrogen-bond acceptors (Lipinski definition) is 4. The first kappa shape index (κ1) is 8.29. The number of carbonyl (C=O) groups excluding carboxylic acids is 1. The van der Waals surface area contributed by atoms with Crippen LogP contribution in [0, 0.1) is 0 Å². The van der Waals surface area contributed by atoms with Crippen LogP contribution in [-0.2, 0) is 4.84 Å². The fourth-order valence-electron chi connectivity index (χ4n) is 0.194. The summed E-state index contributed by atoms with van der Waals surface area (Å²) in [6.07, 6.45) is 2.50. The summed E-state index contributed by atoms with van der Waals surface area (Å²) in [6, 6.07) is 0. The van der Waals surface area contributed by atoms with Crippen LogP contribution in [0.1, 0.15) is 0 Å². The van der Waals surface area contributed by atoms with Gasteiger partial charge in [-0.2, -0.15) is 11.8 Å². The van der Waals surface area contributed by atoms with Crippen LogP contribution in [0.25, 0.3) is 0 Å². The normalized spacial score (nSPS) is 9.89. The van der Waals surface area contributed by atoms with Crippen molar-refractivity contribution >= 4 is 24.1 Å². The Labute approximate surface area is 57.4 Å². The molecule has 0 aliphatic rings. The molecule has 0 spiro atoms. The van der Waals surface area contributed by atoms with E-state index in [1.54, 1.807) is 11.8 Å². The van der Waals surface area contributed by atoms with Gasteiger partial charge in [0.25, 0.3) is 0 Å². The molecule has 0 heterocycles. The Kier molecular flexibility index (Phi) is 5.00. The van der Waals surface area contributed by atoms with Crippen molar-refractivity contribution in [2.45, 2.75) is 0 Å². The molecule has 0 aromatic carbocycles. The number of nitrogens with two attached hydrogens (primary N) is 1. The van der Waals surface area contributed by atoms with Gasteiger partial charge in [-0.05, 0) is 6.26 Å². The second-order valence-corrected chi connectivity index (χ2v) is 2.06. The van der Waals surface area contributed by atoms with Crippen molar-refractivity contribution in [2.24, 2.45) is 10.9 Å². The topological polar surface area (TPSA) is 64.7 Å². The van der Waals surface area contributed by atoms with Crippen LogP contribution in [0.3, 0.4) is 0 Å². The Morgan fingerprint density at radius 2 is 2.67 bits per heavy atom.